The molecule has 4 heteroatoms. The van der Waals surface area contributed by atoms with Gasteiger partial charge in [-0.05, 0) is 44.4 Å². The van der Waals surface area contributed by atoms with Crippen LogP contribution >= 0.6 is 0 Å². The van der Waals surface area contributed by atoms with Gasteiger partial charge in [0.05, 0.1) is 12.5 Å². The van der Waals surface area contributed by atoms with Crippen molar-refractivity contribution in [3.05, 3.63) is 30.1 Å². The molecule has 19 heavy (non-hydrogen) atoms. The summed E-state index contributed by atoms with van der Waals surface area (Å²) in [6.45, 7) is 5.36. The summed E-state index contributed by atoms with van der Waals surface area (Å²) in [7, 11) is 0. The van der Waals surface area contributed by atoms with Crippen LogP contribution in [0.15, 0.2) is 24.3 Å². The van der Waals surface area contributed by atoms with Crippen molar-refractivity contribution < 1.29 is 13.9 Å². The van der Waals surface area contributed by atoms with Crippen molar-refractivity contribution in [3.63, 3.8) is 0 Å². The second-order valence-electron chi connectivity index (χ2n) is 5.32. The molecular weight excluding hydrogens is 245 g/mol. The molecule has 1 saturated heterocycles. The number of hydrogen-bond donors (Lipinski definition) is 0. The monoisotopic (exact) mass is 265 g/mol. The lowest BCUT2D eigenvalue weighted by molar-refractivity contribution is -0.148. The van der Waals surface area contributed by atoms with Crippen LogP contribution in [0.4, 0.5) is 10.1 Å². The van der Waals surface area contributed by atoms with E-state index < -0.39 is 0 Å². The van der Waals surface area contributed by atoms with E-state index in [-0.39, 0.29) is 17.9 Å². The Morgan fingerprint density at radius 1 is 1.53 bits per heavy atom. The summed E-state index contributed by atoms with van der Waals surface area (Å²) in [4.78, 5) is 13.7. The summed E-state index contributed by atoms with van der Waals surface area (Å²) in [6, 6.07) is 6.59. The first-order valence-electron chi connectivity index (χ1n) is 6.74. The van der Waals surface area contributed by atoms with Crippen LogP contribution in [-0.2, 0) is 9.53 Å². The van der Waals surface area contributed by atoms with Gasteiger partial charge in [-0.15, -0.1) is 0 Å². The maximum atomic E-state index is 13.2. The van der Waals surface area contributed by atoms with E-state index in [0.717, 1.165) is 25.2 Å². The van der Waals surface area contributed by atoms with Gasteiger partial charge < -0.3 is 9.64 Å². The molecular formula is C15H20FNO2. The molecule has 1 unspecified atom stereocenters. The summed E-state index contributed by atoms with van der Waals surface area (Å²) in [5, 5.41) is 0. The third kappa shape index (κ3) is 3.94. The van der Waals surface area contributed by atoms with E-state index in [0.29, 0.717) is 12.3 Å². The zero-order valence-corrected chi connectivity index (χ0v) is 11.4. The Morgan fingerprint density at radius 2 is 2.32 bits per heavy atom. The average molecular weight is 265 g/mol. The Kier molecular flexibility index (Phi) is 4.40. The summed E-state index contributed by atoms with van der Waals surface area (Å²) >= 11 is 0. The Hall–Kier alpha value is -1.58. The summed E-state index contributed by atoms with van der Waals surface area (Å²) < 4.78 is 18.3. The predicted octanol–water partition coefficient (Wildman–Crippen LogP) is 2.99. The number of carbonyl (C=O) groups is 1. The van der Waals surface area contributed by atoms with Crippen LogP contribution in [-0.4, -0.2) is 25.2 Å². The van der Waals surface area contributed by atoms with Gasteiger partial charge in [-0.2, -0.15) is 0 Å². The normalized spacial score (nSPS) is 18.9. The predicted molar refractivity (Wildman–Crippen MR) is 72.6 cm³/mol. The molecule has 1 aromatic rings. The van der Waals surface area contributed by atoms with Gasteiger partial charge >= 0.3 is 5.97 Å². The molecule has 1 heterocycles. The van der Waals surface area contributed by atoms with Crippen LogP contribution in [0.5, 0.6) is 0 Å². The minimum atomic E-state index is -0.222. The molecule has 0 bridgehead atoms. The molecule has 1 aromatic carbocycles. The summed E-state index contributed by atoms with van der Waals surface area (Å²) in [6.07, 6.45) is 1.33. The van der Waals surface area contributed by atoms with E-state index in [1.807, 2.05) is 19.9 Å². The van der Waals surface area contributed by atoms with Crippen LogP contribution in [0.25, 0.3) is 0 Å². The smallest absolute Gasteiger partial charge is 0.306 e. The van der Waals surface area contributed by atoms with Crippen LogP contribution in [0.1, 0.15) is 26.7 Å². The molecule has 1 fully saturated rings. The van der Waals surface area contributed by atoms with Crippen molar-refractivity contribution in [2.24, 2.45) is 5.92 Å². The van der Waals surface area contributed by atoms with Gasteiger partial charge in [-0.1, -0.05) is 6.07 Å². The molecule has 1 aliphatic heterocycles. The lowest BCUT2D eigenvalue weighted by atomic mass is 10.1. The molecule has 0 radical (unpaired) electrons. The van der Waals surface area contributed by atoms with Crippen molar-refractivity contribution in [1.82, 2.24) is 0 Å². The first kappa shape index (κ1) is 13.8. The zero-order chi connectivity index (χ0) is 13.8. The number of hydrogen-bond acceptors (Lipinski definition) is 3. The topological polar surface area (TPSA) is 29.5 Å². The highest BCUT2D eigenvalue weighted by molar-refractivity contribution is 5.70. The van der Waals surface area contributed by atoms with Crippen LogP contribution in [0, 0.1) is 11.7 Å². The SMILES string of the molecule is CC(C)OC(=O)CC1CCN(c2cccc(F)c2)C1. The molecule has 0 amide bonds. The van der Waals surface area contributed by atoms with Gasteiger partial charge in [0.1, 0.15) is 5.82 Å². The third-order valence-corrected chi connectivity index (χ3v) is 3.28. The summed E-state index contributed by atoms with van der Waals surface area (Å²) in [5.74, 6) is -0.0595. The maximum absolute atomic E-state index is 13.2. The van der Waals surface area contributed by atoms with Crippen molar-refractivity contribution in [3.8, 4) is 0 Å². The molecule has 0 saturated carbocycles. The number of halogens is 1. The van der Waals surface area contributed by atoms with Crippen molar-refractivity contribution in [2.75, 3.05) is 18.0 Å². The van der Waals surface area contributed by atoms with E-state index in [2.05, 4.69) is 4.90 Å². The Bertz CT molecular complexity index is 448. The highest BCUT2D eigenvalue weighted by atomic mass is 19.1. The summed E-state index contributed by atoms with van der Waals surface area (Å²) in [5.41, 5.74) is 0.889. The van der Waals surface area contributed by atoms with Gasteiger partial charge in [0, 0.05) is 18.8 Å². The number of anilines is 1. The molecule has 0 aromatic heterocycles. The Balaban J connectivity index is 1.88. The highest BCUT2D eigenvalue weighted by Gasteiger charge is 2.25. The molecule has 0 aliphatic carbocycles. The Morgan fingerprint density at radius 3 is 3.00 bits per heavy atom. The van der Waals surface area contributed by atoms with Gasteiger partial charge in [-0.25, -0.2) is 4.39 Å². The van der Waals surface area contributed by atoms with Crippen LogP contribution < -0.4 is 4.90 Å². The van der Waals surface area contributed by atoms with E-state index in [1.54, 1.807) is 6.07 Å². The number of rotatable bonds is 4. The van der Waals surface area contributed by atoms with Gasteiger partial charge in [-0.3, -0.25) is 4.79 Å². The van der Waals surface area contributed by atoms with Crippen molar-refractivity contribution in [1.29, 1.82) is 0 Å². The third-order valence-electron chi connectivity index (χ3n) is 3.28. The molecule has 0 N–H and O–H groups in total. The minimum Gasteiger partial charge on any atom is -0.463 e. The van der Waals surface area contributed by atoms with Gasteiger partial charge in [0.25, 0.3) is 0 Å². The number of nitrogens with zero attached hydrogens (tertiary/aromatic N) is 1. The van der Waals surface area contributed by atoms with Crippen molar-refractivity contribution >= 4 is 11.7 Å². The second-order valence-corrected chi connectivity index (χ2v) is 5.32. The minimum absolute atomic E-state index is 0.0618. The fourth-order valence-corrected chi connectivity index (χ4v) is 2.45. The zero-order valence-electron chi connectivity index (χ0n) is 11.4. The number of esters is 1. The van der Waals surface area contributed by atoms with Crippen LogP contribution in [0.3, 0.4) is 0 Å². The first-order valence-corrected chi connectivity index (χ1v) is 6.74. The molecule has 0 spiro atoms. The lowest BCUT2D eigenvalue weighted by Crippen LogP contribution is -2.21. The van der Waals surface area contributed by atoms with E-state index in [9.17, 15) is 9.18 Å². The highest BCUT2D eigenvalue weighted by Crippen LogP contribution is 2.26. The average Bonchev–Trinajstić information content (AvgIpc) is 2.76. The second kappa shape index (κ2) is 6.04. The van der Waals surface area contributed by atoms with E-state index in [4.69, 9.17) is 4.74 Å². The Labute approximate surface area is 113 Å². The fourth-order valence-electron chi connectivity index (χ4n) is 2.45. The van der Waals surface area contributed by atoms with Crippen LogP contribution in [0.2, 0.25) is 0 Å². The van der Waals surface area contributed by atoms with Gasteiger partial charge in [0.15, 0.2) is 0 Å². The molecule has 2 rings (SSSR count). The van der Waals surface area contributed by atoms with E-state index in [1.165, 1.54) is 12.1 Å². The number of ether oxygens (including phenoxy) is 1. The number of benzene rings is 1. The lowest BCUT2D eigenvalue weighted by Gasteiger charge is -2.18. The van der Waals surface area contributed by atoms with E-state index >= 15 is 0 Å². The number of carbonyl (C=O) groups excluding carboxylic acids is 1. The largest absolute Gasteiger partial charge is 0.463 e. The first-order chi connectivity index (χ1) is 9.04. The quantitative estimate of drug-likeness (QED) is 0.784. The molecule has 1 aliphatic rings. The molecule has 3 nitrogen and oxygen atoms in total. The molecule has 1 atom stereocenters. The fraction of sp³-hybridized carbons (Fsp3) is 0.533. The molecule has 104 valence electrons. The maximum Gasteiger partial charge on any atom is 0.306 e. The van der Waals surface area contributed by atoms with Gasteiger partial charge in [0.2, 0.25) is 0 Å². The standard InChI is InChI=1S/C15H20FNO2/c1-11(2)19-15(18)8-12-6-7-17(10-12)14-5-3-4-13(16)9-14/h3-5,9,11-12H,6-8,10H2,1-2H3. The van der Waals surface area contributed by atoms with Crippen molar-refractivity contribution in [2.45, 2.75) is 32.8 Å².